The van der Waals surface area contributed by atoms with Gasteiger partial charge in [0.25, 0.3) is 0 Å². The molecule has 9 nitrogen and oxygen atoms in total. The van der Waals surface area contributed by atoms with E-state index in [1.54, 1.807) is 13.8 Å². The number of nitrogens with zero attached hydrogens (tertiary/aromatic N) is 6. The lowest BCUT2D eigenvalue weighted by molar-refractivity contribution is 0.291. The predicted molar refractivity (Wildman–Crippen MR) is 133 cm³/mol. The second-order valence-electron chi connectivity index (χ2n) is 8.84. The lowest BCUT2D eigenvalue weighted by Crippen LogP contribution is -2.32. The number of aromatic nitrogens is 6. The van der Waals surface area contributed by atoms with Crippen LogP contribution in [0.5, 0.6) is 5.88 Å². The fraction of sp³-hybridized carbons (Fsp3) is 0.231. The van der Waals surface area contributed by atoms with Crippen molar-refractivity contribution < 1.29 is 4.74 Å². The first-order valence-electron chi connectivity index (χ1n) is 11.6. The van der Waals surface area contributed by atoms with Gasteiger partial charge in [0.1, 0.15) is 23.8 Å². The number of aryl methyl sites for hydroxylation is 1. The van der Waals surface area contributed by atoms with E-state index in [1.807, 2.05) is 73.8 Å². The zero-order valence-corrected chi connectivity index (χ0v) is 19.5. The Balaban J connectivity index is 1.41. The van der Waals surface area contributed by atoms with Crippen molar-refractivity contribution in [3.05, 3.63) is 88.3 Å². The van der Waals surface area contributed by atoms with Gasteiger partial charge in [0.15, 0.2) is 11.6 Å². The predicted octanol–water partition coefficient (Wildman–Crippen LogP) is 3.39. The Morgan fingerprint density at radius 2 is 1.74 bits per heavy atom. The quantitative estimate of drug-likeness (QED) is 0.412. The molecule has 0 amide bonds. The Bertz CT molecular complexity index is 1520. The largest absolute Gasteiger partial charge is 0.472 e. The fourth-order valence-corrected chi connectivity index (χ4v) is 4.48. The molecular formula is C26H25N7O2. The van der Waals surface area contributed by atoms with Gasteiger partial charge in [0, 0.05) is 25.7 Å². The number of rotatable bonds is 6. The summed E-state index contributed by atoms with van der Waals surface area (Å²) in [7, 11) is 1.84. The molecule has 1 unspecified atom stereocenters. The summed E-state index contributed by atoms with van der Waals surface area (Å²) in [5, 5.41) is 7.88. The number of imidazole rings is 1. The molecule has 0 saturated carbocycles. The number of fused-ring (bicyclic) bond motifs is 3. The van der Waals surface area contributed by atoms with Crippen LogP contribution in [0, 0.1) is 0 Å². The molecule has 176 valence electrons. The third-order valence-corrected chi connectivity index (χ3v) is 6.19. The highest BCUT2D eigenvalue weighted by atomic mass is 16.5. The average molecular weight is 468 g/mol. The van der Waals surface area contributed by atoms with Crippen LogP contribution in [0.3, 0.4) is 0 Å². The molecule has 0 radical (unpaired) electrons. The SMILES string of the molecule is CC1Cn2c(c3nc(-c4cc(OCc5ccccc5)nn4C)nc-3n(Cc3ccccc3)c2=O)N1. The van der Waals surface area contributed by atoms with Crippen LogP contribution in [0.4, 0.5) is 5.82 Å². The molecule has 0 bridgehead atoms. The minimum Gasteiger partial charge on any atom is -0.472 e. The Morgan fingerprint density at radius 1 is 1.03 bits per heavy atom. The summed E-state index contributed by atoms with van der Waals surface area (Å²) in [4.78, 5) is 23.1. The van der Waals surface area contributed by atoms with Gasteiger partial charge in [-0.1, -0.05) is 60.7 Å². The molecule has 3 aliphatic rings. The highest BCUT2D eigenvalue weighted by Crippen LogP contribution is 2.33. The first-order chi connectivity index (χ1) is 17.1. The number of hydrogen-bond donors (Lipinski definition) is 1. The molecule has 4 heterocycles. The maximum Gasteiger partial charge on any atom is 0.331 e. The van der Waals surface area contributed by atoms with Gasteiger partial charge in [0.05, 0.1) is 6.54 Å². The van der Waals surface area contributed by atoms with Crippen LogP contribution in [0.2, 0.25) is 0 Å². The van der Waals surface area contributed by atoms with Crippen molar-refractivity contribution in [2.75, 3.05) is 5.32 Å². The minimum absolute atomic E-state index is 0.100. The summed E-state index contributed by atoms with van der Waals surface area (Å²) in [6.45, 7) is 3.47. The minimum atomic E-state index is -0.100. The number of anilines is 1. The van der Waals surface area contributed by atoms with E-state index in [0.29, 0.717) is 54.4 Å². The normalized spacial score (nSPS) is 14.7. The van der Waals surface area contributed by atoms with Crippen LogP contribution in [0.15, 0.2) is 71.5 Å². The molecule has 0 spiro atoms. The van der Waals surface area contributed by atoms with E-state index in [9.17, 15) is 4.79 Å². The summed E-state index contributed by atoms with van der Waals surface area (Å²) < 4.78 is 11.1. The highest BCUT2D eigenvalue weighted by molar-refractivity contribution is 5.73. The number of ether oxygens (including phenoxy) is 1. The zero-order valence-electron chi connectivity index (χ0n) is 19.5. The van der Waals surface area contributed by atoms with Gasteiger partial charge in [-0.15, -0.1) is 5.10 Å². The van der Waals surface area contributed by atoms with Gasteiger partial charge >= 0.3 is 5.69 Å². The lowest BCUT2D eigenvalue weighted by atomic mass is 10.2. The van der Waals surface area contributed by atoms with Crippen molar-refractivity contribution in [3.63, 3.8) is 0 Å². The van der Waals surface area contributed by atoms with Gasteiger partial charge in [-0.25, -0.2) is 14.8 Å². The monoisotopic (exact) mass is 467 g/mol. The molecular weight excluding hydrogens is 442 g/mol. The van der Waals surface area contributed by atoms with Gasteiger partial charge in [0.2, 0.25) is 5.88 Å². The van der Waals surface area contributed by atoms with Crippen molar-refractivity contribution in [2.45, 2.75) is 32.7 Å². The average Bonchev–Trinajstić information content (AvgIpc) is 3.58. The molecule has 9 heteroatoms. The Hall–Kier alpha value is -4.40. The maximum absolute atomic E-state index is 13.4. The Labute approximate surface area is 202 Å². The molecule has 0 fully saturated rings. The van der Waals surface area contributed by atoms with Gasteiger partial charge < -0.3 is 10.1 Å². The van der Waals surface area contributed by atoms with Crippen LogP contribution in [0.25, 0.3) is 23.0 Å². The molecule has 0 saturated heterocycles. The molecule has 3 aliphatic heterocycles. The summed E-state index contributed by atoms with van der Waals surface area (Å²) >= 11 is 0. The Morgan fingerprint density at radius 3 is 2.49 bits per heavy atom. The molecule has 3 aromatic rings. The molecule has 35 heavy (non-hydrogen) atoms. The second-order valence-corrected chi connectivity index (χ2v) is 8.84. The number of hydrogen-bond acceptors (Lipinski definition) is 6. The van der Waals surface area contributed by atoms with E-state index >= 15 is 0 Å². The third-order valence-electron chi connectivity index (χ3n) is 6.19. The van der Waals surface area contributed by atoms with Crippen LogP contribution in [-0.2, 0) is 26.7 Å². The molecule has 2 aromatic carbocycles. The van der Waals surface area contributed by atoms with Crippen LogP contribution < -0.4 is 15.7 Å². The fourth-order valence-electron chi connectivity index (χ4n) is 4.48. The third kappa shape index (κ3) is 3.84. The van der Waals surface area contributed by atoms with Gasteiger partial charge in [-0.05, 0) is 18.1 Å². The second kappa shape index (κ2) is 8.43. The molecule has 1 N–H and O–H groups in total. The first-order valence-corrected chi connectivity index (χ1v) is 11.6. The zero-order chi connectivity index (χ0) is 23.9. The molecule has 6 rings (SSSR count). The van der Waals surface area contributed by atoms with Crippen molar-refractivity contribution in [3.8, 4) is 28.9 Å². The van der Waals surface area contributed by atoms with Crippen molar-refractivity contribution >= 4 is 5.82 Å². The smallest absolute Gasteiger partial charge is 0.331 e. The maximum atomic E-state index is 13.4. The summed E-state index contributed by atoms with van der Waals surface area (Å²) in [6.07, 6.45) is 0. The van der Waals surface area contributed by atoms with E-state index in [0.717, 1.165) is 11.1 Å². The van der Waals surface area contributed by atoms with Crippen LogP contribution >= 0.6 is 0 Å². The van der Waals surface area contributed by atoms with E-state index in [4.69, 9.17) is 14.7 Å². The topological polar surface area (TPSA) is 91.8 Å². The van der Waals surface area contributed by atoms with Crippen molar-refractivity contribution in [1.29, 1.82) is 0 Å². The lowest BCUT2D eigenvalue weighted by Gasteiger charge is -2.14. The molecule has 1 atom stereocenters. The van der Waals surface area contributed by atoms with Crippen LogP contribution in [-0.4, -0.2) is 34.9 Å². The van der Waals surface area contributed by atoms with Gasteiger partial charge in [-0.2, -0.15) is 0 Å². The highest BCUT2D eigenvalue weighted by Gasteiger charge is 2.31. The first kappa shape index (κ1) is 21.2. The molecule has 0 aliphatic carbocycles. The molecule has 1 aromatic heterocycles. The van der Waals surface area contributed by atoms with E-state index in [-0.39, 0.29) is 11.7 Å². The van der Waals surface area contributed by atoms with Crippen molar-refractivity contribution in [1.82, 2.24) is 28.9 Å². The van der Waals surface area contributed by atoms with Crippen LogP contribution in [0.1, 0.15) is 18.1 Å². The van der Waals surface area contributed by atoms with E-state index < -0.39 is 0 Å². The Kier molecular flexibility index (Phi) is 5.09. The summed E-state index contributed by atoms with van der Waals surface area (Å²) in [5.41, 5.74) is 3.38. The number of nitrogens with one attached hydrogen (secondary N) is 1. The van der Waals surface area contributed by atoms with Crippen molar-refractivity contribution in [2.24, 2.45) is 7.05 Å². The van der Waals surface area contributed by atoms with E-state index in [1.165, 1.54) is 0 Å². The number of benzene rings is 2. The van der Waals surface area contributed by atoms with E-state index in [2.05, 4.69) is 17.3 Å². The summed E-state index contributed by atoms with van der Waals surface area (Å²) in [5.74, 6) is 2.26. The standard InChI is InChI=1S/C26H25N7O2/c1-17-14-32-24(27-17)22-25(33(26(32)34)15-18-9-5-3-6-10-18)29-23(28-22)20-13-21(30-31(20)2)35-16-19-11-7-4-8-12-19/h3-13,17,27H,14-16H2,1-2H3. The van der Waals surface area contributed by atoms with Gasteiger partial charge in [-0.3, -0.25) is 13.8 Å². The summed E-state index contributed by atoms with van der Waals surface area (Å²) in [6, 6.07) is 21.8.